The van der Waals surface area contributed by atoms with Crippen LogP contribution < -0.4 is 15.5 Å². The number of fused-ring (bicyclic) bond motifs is 10. The van der Waals surface area contributed by atoms with Crippen molar-refractivity contribution in [2.24, 2.45) is 20.0 Å². The highest BCUT2D eigenvalue weighted by atomic mass is 19.2. The first-order valence-corrected chi connectivity index (χ1v) is 13.5. The van der Waals surface area contributed by atoms with Gasteiger partial charge in [0.05, 0.1) is 0 Å². The molecule has 0 saturated heterocycles. The number of aromatic nitrogens is 2. The Morgan fingerprint density at radius 2 is 1.15 bits per heavy atom. The maximum atomic E-state index is 15.2. The molecule has 222 valence electrons. The van der Waals surface area contributed by atoms with Gasteiger partial charge < -0.3 is 9.13 Å². The number of benzene rings is 4. The summed E-state index contributed by atoms with van der Waals surface area (Å²) in [6.07, 6.45) is 0. The molecule has 0 saturated carbocycles. The van der Waals surface area contributed by atoms with Gasteiger partial charge in [0, 0.05) is 38.5 Å². The van der Waals surface area contributed by atoms with Crippen LogP contribution in [0.15, 0.2) is 80.6 Å². The van der Waals surface area contributed by atoms with Crippen LogP contribution in [-0.4, -0.2) is 33.7 Å². The molecule has 7 nitrogen and oxygen atoms in total. The predicted octanol–water partition coefficient (Wildman–Crippen LogP) is 5.49. The summed E-state index contributed by atoms with van der Waals surface area (Å²) in [7, 11) is -1.84. The van der Waals surface area contributed by atoms with E-state index in [4.69, 9.17) is 14.6 Å². The Bertz CT molecular complexity index is 2630. The van der Waals surface area contributed by atoms with Crippen LogP contribution in [0.4, 0.5) is 42.4 Å². The summed E-state index contributed by atoms with van der Waals surface area (Å²) in [5, 5.41) is 0.819. The van der Waals surface area contributed by atoms with Crippen LogP contribution in [0.25, 0.3) is 21.5 Å². The molecule has 9 rings (SSSR count). The highest BCUT2D eigenvalue weighted by Gasteiger charge is 2.41. The van der Waals surface area contributed by atoms with Crippen LogP contribution in [0.2, 0.25) is 0 Å². The molecule has 6 aromatic rings. The molecule has 2 aromatic heterocycles. The van der Waals surface area contributed by atoms with Crippen molar-refractivity contribution in [1.29, 1.82) is 0 Å². The number of hydrogen-bond donors (Lipinski definition) is 0. The topological polar surface area (TPSA) is 68.5 Å². The Labute approximate surface area is 251 Å². The van der Waals surface area contributed by atoms with Crippen LogP contribution in [0, 0.1) is 40.7 Å². The molecule has 4 aromatic carbocycles. The van der Waals surface area contributed by atoms with Gasteiger partial charge in [-0.05, 0) is 12.1 Å². The SMILES string of the molecule is Fc1cc2c3n4c(c2cc1F)=Nc1c2ccccc2c(n1B4Oc1c(F)c(F)c(F)c(F)c1F)/N=C1\N=C(N=C=3)c2ccccc21. The summed E-state index contributed by atoms with van der Waals surface area (Å²) < 4.78 is 111. The molecule has 0 N–H and O–H groups in total. The van der Waals surface area contributed by atoms with E-state index in [1.54, 1.807) is 48.5 Å². The Balaban J connectivity index is 1.51. The molecule has 0 aliphatic carbocycles. The fourth-order valence-electron chi connectivity index (χ4n) is 5.99. The first-order valence-electron chi connectivity index (χ1n) is 13.5. The zero-order chi connectivity index (χ0) is 31.6. The van der Waals surface area contributed by atoms with Crippen molar-refractivity contribution >= 4 is 57.9 Å². The van der Waals surface area contributed by atoms with Crippen LogP contribution in [0.1, 0.15) is 11.1 Å². The molecule has 46 heavy (non-hydrogen) atoms. The lowest BCUT2D eigenvalue weighted by atomic mass is 9.97. The average Bonchev–Trinajstić information content (AvgIpc) is 3.67. The van der Waals surface area contributed by atoms with E-state index in [-0.39, 0.29) is 44.9 Å². The third-order valence-electron chi connectivity index (χ3n) is 8.04. The third-order valence-corrected chi connectivity index (χ3v) is 8.04. The molecule has 15 heteroatoms. The molecule has 0 fully saturated rings. The molecule has 3 aliphatic rings. The molecule has 0 atom stereocenters. The number of rotatable bonds is 2. The van der Waals surface area contributed by atoms with Gasteiger partial charge in [-0.15, -0.1) is 0 Å². The van der Waals surface area contributed by atoms with Crippen LogP contribution in [0.3, 0.4) is 0 Å². The number of hydrogen-bond acceptors (Lipinski definition) is 5. The lowest BCUT2D eigenvalue weighted by molar-refractivity contribution is 0.344. The standard InChI is InChI=1S/C31H10BF7N6O/c33-18-9-16-17(10-19(18)34)31-43-30-15-8-4-3-7-14(15)29-42-28-13-6-2-1-5-12(13)27(41-28)40-11-20(16)44(31)32(45(29)30)46-26-24(38)22(36)21(35)23(37)25(26)39/h1-10H/b42-28-. The van der Waals surface area contributed by atoms with Crippen molar-refractivity contribution in [2.45, 2.75) is 0 Å². The number of halogens is 7. The zero-order valence-corrected chi connectivity index (χ0v) is 22.6. The Morgan fingerprint density at radius 3 is 1.83 bits per heavy atom. The molecule has 5 heterocycles. The summed E-state index contributed by atoms with van der Waals surface area (Å²) in [6, 6.07) is 15.5. The highest BCUT2D eigenvalue weighted by Crippen LogP contribution is 2.41. The normalized spacial score (nSPS) is 15.2. The number of aliphatic imine (C=N–C) groups is 3. The molecule has 0 amide bonds. The molecule has 0 unspecified atom stereocenters. The van der Waals surface area contributed by atoms with Crippen molar-refractivity contribution in [3.8, 4) is 5.75 Å². The van der Waals surface area contributed by atoms with Crippen LogP contribution in [0.5, 0.6) is 5.75 Å². The van der Waals surface area contributed by atoms with Gasteiger partial charge in [0.25, 0.3) is 0 Å². The van der Waals surface area contributed by atoms with E-state index >= 15 is 8.78 Å². The van der Waals surface area contributed by atoms with Crippen molar-refractivity contribution in [1.82, 2.24) is 8.96 Å². The van der Waals surface area contributed by atoms with Gasteiger partial charge in [0.15, 0.2) is 29.1 Å². The first kappa shape index (κ1) is 26.5. The van der Waals surface area contributed by atoms with Crippen molar-refractivity contribution < 1.29 is 35.4 Å². The average molecular weight is 626 g/mol. The van der Waals surface area contributed by atoms with Crippen LogP contribution in [-0.2, 0) is 0 Å². The summed E-state index contributed by atoms with van der Waals surface area (Å²) in [4.78, 5) is 18.5. The fraction of sp³-hybridized carbons (Fsp3) is 0. The van der Waals surface area contributed by atoms with E-state index in [0.29, 0.717) is 21.9 Å². The van der Waals surface area contributed by atoms with Gasteiger partial charge in [-0.3, -0.25) is 4.48 Å². The monoisotopic (exact) mass is 626 g/mol. The van der Waals surface area contributed by atoms with Gasteiger partial charge in [-0.2, -0.15) is 13.8 Å². The lowest BCUT2D eigenvalue weighted by Crippen LogP contribution is -2.52. The van der Waals surface area contributed by atoms with Gasteiger partial charge in [-0.25, -0.2) is 36.9 Å². The van der Waals surface area contributed by atoms with Crippen molar-refractivity contribution in [2.75, 3.05) is 0 Å². The maximum absolute atomic E-state index is 15.2. The van der Waals surface area contributed by atoms with Crippen molar-refractivity contribution in [3.63, 3.8) is 0 Å². The molecule has 3 aliphatic heterocycles. The van der Waals surface area contributed by atoms with E-state index in [0.717, 1.165) is 16.6 Å². The van der Waals surface area contributed by atoms with E-state index in [9.17, 15) is 22.0 Å². The summed E-state index contributed by atoms with van der Waals surface area (Å²) in [6.45, 7) is 0. The Morgan fingerprint density at radius 1 is 0.587 bits per heavy atom. The van der Waals surface area contributed by atoms with E-state index in [1.165, 1.54) is 4.48 Å². The smallest absolute Gasteiger partial charge is 0.518 e. The van der Waals surface area contributed by atoms with Gasteiger partial charge >= 0.3 is 7.19 Å². The van der Waals surface area contributed by atoms with E-state index < -0.39 is 53.7 Å². The fourth-order valence-corrected chi connectivity index (χ4v) is 5.99. The second-order valence-electron chi connectivity index (χ2n) is 10.5. The molecule has 4 bridgehead atoms. The number of amidine groups is 2. The summed E-state index contributed by atoms with van der Waals surface area (Å²) in [5.74, 6) is -12.1. The second kappa shape index (κ2) is 9.05. The number of nitrogens with zero attached hydrogens (tertiary/aromatic N) is 6. The first-order chi connectivity index (χ1) is 22.2. The third kappa shape index (κ3) is 3.34. The minimum atomic E-state index is -2.38. The van der Waals surface area contributed by atoms with Crippen molar-refractivity contribution in [3.05, 3.63) is 123 Å². The Kier molecular flexibility index (Phi) is 5.20. The van der Waals surface area contributed by atoms with Gasteiger partial charge in [0.1, 0.15) is 22.5 Å². The van der Waals surface area contributed by atoms with E-state index in [2.05, 4.69) is 15.9 Å². The van der Waals surface area contributed by atoms with Gasteiger partial charge in [0.2, 0.25) is 29.1 Å². The summed E-state index contributed by atoms with van der Waals surface area (Å²) in [5.41, 5.74) is 1.07. The zero-order valence-electron chi connectivity index (χ0n) is 22.6. The molecular formula is C31H10BF7N6O. The van der Waals surface area contributed by atoms with Crippen LogP contribution >= 0.6 is 0 Å². The minimum Gasteiger partial charge on any atom is -0.518 e. The largest absolute Gasteiger partial charge is 0.632 e. The molecule has 0 radical (unpaired) electrons. The molecule has 0 spiro atoms. The van der Waals surface area contributed by atoms with Gasteiger partial charge in [-0.1, -0.05) is 48.5 Å². The second-order valence-corrected chi connectivity index (χ2v) is 10.5. The quantitative estimate of drug-likeness (QED) is 0.109. The Hall–Kier alpha value is -5.95. The maximum Gasteiger partial charge on any atom is 0.632 e. The minimum absolute atomic E-state index is 0.0105. The predicted molar refractivity (Wildman–Crippen MR) is 153 cm³/mol. The molecular weight excluding hydrogens is 616 g/mol. The lowest BCUT2D eigenvalue weighted by Gasteiger charge is -2.23. The van der Waals surface area contributed by atoms with E-state index in [1.807, 2.05) is 0 Å². The highest BCUT2D eigenvalue weighted by molar-refractivity contribution is 6.52. The summed E-state index contributed by atoms with van der Waals surface area (Å²) >= 11 is 0.